The zero-order valence-corrected chi connectivity index (χ0v) is 12.3. The maximum Gasteiger partial charge on any atom is 0.255 e. The molecular weight excluding hydrogens is 276 g/mol. The van der Waals surface area contributed by atoms with Crippen LogP contribution in [0.15, 0.2) is 18.2 Å². The smallest absolute Gasteiger partial charge is 0.255 e. The number of carbonyl (C=O) groups is 1. The summed E-state index contributed by atoms with van der Waals surface area (Å²) < 4.78 is 0. The molecule has 0 spiro atoms. The molecule has 3 N–H and O–H groups in total. The fraction of sp³-hybridized carbons (Fsp3) is 0.286. The molecule has 0 aliphatic rings. The SMILES string of the molecule is Cc1nc(C)c(C(C)NC(=O)c2cccc(O)c2O)s1. The van der Waals surface area contributed by atoms with Gasteiger partial charge in [0, 0.05) is 4.88 Å². The number of benzene rings is 1. The van der Waals surface area contributed by atoms with Gasteiger partial charge in [0.05, 0.1) is 22.3 Å². The fourth-order valence-corrected chi connectivity index (χ4v) is 2.93. The van der Waals surface area contributed by atoms with E-state index in [0.29, 0.717) is 0 Å². The average molecular weight is 292 g/mol. The summed E-state index contributed by atoms with van der Waals surface area (Å²) in [4.78, 5) is 17.4. The van der Waals surface area contributed by atoms with Gasteiger partial charge >= 0.3 is 0 Å². The van der Waals surface area contributed by atoms with E-state index >= 15 is 0 Å². The van der Waals surface area contributed by atoms with Crippen LogP contribution in [0, 0.1) is 13.8 Å². The molecule has 1 atom stereocenters. The number of carbonyl (C=O) groups excluding carboxylic acids is 1. The first kappa shape index (κ1) is 14.3. The first-order chi connectivity index (χ1) is 9.40. The van der Waals surface area contributed by atoms with Gasteiger partial charge in [0.1, 0.15) is 0 Å². The standard InChI is InChI=1S/C14H16N2O3S/c1-7-13(20-9(3)15-7)8(2)16-14(19)10-5-4-6-11(17)12(10)18/h4-6,8,17-18H,1-3H3,(H,16,19). The van der Waals surface area contributed by atoms with Crippen LogP contribution in [0.4, 0.5) is 0 Å². The maximum absolute atomic E-state index is 12.1. The molecule has 6 heteroatoms. The number of thiazole rings is 1. The van der Waals surface area contributed by atoms with Crippen molar-refractivity contribution < 1.29 is 15.0 Å². The van der Waals surface area contributed by atoms with Crippen LogP contribution in [0.3, 0.4) is 0 Å². The summed E-state index contributed by atoms with van der Waals surface area (Å²) in [5.41, 5.74) is 0.941. The topological polar surface area (TPSA) is 82.5 Å². The molecule has 5 nitrogen and oxygen atoms in total. The van der Waals surface area contributed by atoms with Gasteiger partial charge < -0.3 is 15.5 Å². The number of amides is 1. The van der Waals surface area contributed by atoms with Crippen molar-refractivity contribution in [3.05, 3.63) is 39.3 Å². The molecule has 0 fully saturated rings. The van der Waals surface area contributed by atoms with E-state index in [1.54, 1.807) is 0 Å². The van der Waals surface area contributed by atoms with Gasteiger partial charge in [-0.2, -0.15) is 0 Å². The van der Waals surface area contributed by atoms with Crippen LogP contribution in [-0.4, -0.2) is 21.1 Å². The second kappa shape index (κ2) is 5.50. The van der Waals surface area contributed by atoms with Crippen LogP contribution in [0.2, 0.25) is 0 Å². The number of rotatable bonds is 3. The highest BCUT2D eigenvalue weighted by Gasteiger charge is 2.19. The molecule has 0 saturated carbocycles. The predicted molar refractivity (Wildman–Crippen MR) is 77.2 cm³/mol. The highest BCUT2D eigenvalue weighted by molar-refractivity contribution is 7.11. The summed E-state index contributed by atoms with van der Waals surface area (Å²) in [5, 5.41) is 22.8. The van der Waals surface area contributed by atoms with Crippen molar-refractivity contribution in [2.45, 2.75) is 26.8 Å². The highest BCUT2D eigenvalue weighted by Crippen LogP contribution is 2.29. The van der Waals surface area contributed by atoms with Crippen LogP contribution >= 0.6 is 11.3 Å². The molecule has 0 radical (unpaired) electrons. The number of para-hydroxylation sites is 1. The van der Waals surface area contributed by atoms with Gasteiger partial charge in [0.2, 0.25) is 0 Å². The quantitative estimate of drug-likeness (QED) is 0.760. The van der Waals surface area contributed by atoms with Crippen LogP contribution in [0.1, 0.15) is 38.9 Å². The monoisotopic (exact) mass is 292 g/mol. The summed E-state index contributed by atoms with van der Waals surface area (Å²) in [6.45, 7) is 5.67. The van der Waals surface area contributed by atoms with Crippen LogP contribution in [0.25, 0.3) is 0 Å². The third-order valence-corrected chi connectivity index (χ3v) is 4.20. The second-order valence-corrected chi connectivity index (χ2v) is 5.79. The molecule has 1 heterocycles. The van der Waals surface area contributed by atoms with Crippen molar-refractivity contribution in [2.75, 3.05) is 0 Å². The summed E-state index contributed by atoms with van der Waals surface area (Å²) in [5.74, 6) is -1.15. The molecule has 1 unspecified atom stereocenters. The normalized spacial score (nSPS) is 12.2. The van der Waals surface area contributed by atoms with Crippen LogP contribution in [-0.2, 0) is 0 Å². The van der Waals surface area contributed by atoms with Crippen molar-refractivity contribution >= 4 is 17.2 Å². The Kier molecular flexibility index (Phi) is 3.94. The Labute approximate surface area is 120 Å². The van der Waals surface area contributed by atoms with Gasteiger partial charge in [-0.25, -0.2) is 4.98 Å². The van der Waals surface area contributed by atoms with Gasteiger partial charge in [0.25, 0.3) is 5.91 Å². The lowest BCUT2D eigenvalue weighted by atomic mass is 10.1. The van der Waals surface area contributed by atoms with Crippen molar-refractivity contribution in [3.8, 4) is 11.5 Å². The van der Waals surface area contributed by atoms with E-state index in [0.717, 1.165) is 15.6 Å². The van der Waals surface area contributed by atoms with E-state index in [2.05, 4.69) is 10.3 Å². The molecule has 0 saturated heterocycles. The van der Waals surface area contributed by atoms with E-state index in [9.17, 15) is 15.0 Å². The lowest BCUT2D eigenvalue weighted by molar-refractivity contribution is 0.0937. The number of phenolic OH excluding ortho intramolecular Hbond substituents is 2. The average Bonchev–Trinajstić information content (AvgIpc) is 2.71. The first-order valence-electron chi connectivity index (χ1n) is 6.16. The number of nitrogens with zero attached hydrogens (tertiary/aromatic N) is 1. The molecule has 1 aromatic carbocycles. The first-order valence-corrected chi connectivity index (χ1v) is 6.97. The van der Waals surface area contributed by atoms with E-state index in [4.69, 9.17) is 0 Å². The summed E-state index contributed by atoms with van der Waals surface area (Å²) in [6, 6.07) is 4.08. The van der Waals surface area contributed by atoms with Gasteiger partial charge in [-0.15, -0.1) is 11.3 Å². The third kappa shape index (κ3) is 2.75. The van der Waals surface area contributed by atoms with Gasteiger partial charge in [0.15, 0.2) is 11.5 Å². The van der Waals surface area contributed by atoms with Gasteiger partial charge in [-0.1, -0.05) is 6.07 Å². The Balaban J connectivity index is 2.19. The van der Waals surface area contributed by atoms with Gasteiger partial charge in [-0.05, 0) is 32.9 Å². The predicted octanol–water partition coefficient (Wildman–Crippen LogP) is 2.66. The zero-order chi connectivity index (χ0) is 14.9. The number of nitrogens with one attached hydrogen (secondary N) is 1. The van der Waals surface area contributed by atoms with E-state index in [1.807, 2.05) is 20.8 Å². The minimum absolute atomic E-state index is 0.0516. The molecule has 20 heavy (non-hydrogen) atoms. The largest absolute Gasteiger partial charge is 0.504 e. The molecule has 2 rings (SSSR count). The number of hydrogen-bond donors (Lipinski definition) is 3. The van der Waals surface area contributed by atoms with E-state index in [-0.39, 0.29) is 17.4 Å². The molecule has 0 aliphatic heterocycles. The van der Waals surface area contributed by atoms with Crippen molar-refractivity contribution in [2.24, 2.45) is 0 Å². The van der Waals surface area contributed by atoms with E-state index in [1.165, 1.54) is 29.5 Å². The summed E-state index contributed by atoms with van der Waals surface area (Å²) in [6.07, 6.45) is 0. The fourth-order valence-electron chi connectivity index (χ4n) is 2.00. The Morgan fingerprint density at radius 3 is 2.65 bits per heavy atom. The van der Waals surface area contributed by atoms with E-state index < -0.39 is 11.7 Å². The number of aromatic hydroxyl groups is 2. The van der Waals surface area contributed by atoms with Crippen LogP contribution in [0.5, 0.6) is 11.5 Å². The molecule has 106 valence electrons. The number of phenols is 2. The molecule has 1 amide bonds. The maximum atomic E-state index is 12.1. The summed E-state index contributed by atoms with van der Waals surface area (Å²) >= 11 is 1.53. The van der Waals surface area contributed by atoms with Gasteiger partial charge in [-0.3, -0.25) is 4.79 Å². The molecular formula is C14H16N2O3S. The second-order valence-electron chi connectivity index (χ2n) is 4.55. The molecule has 0 bridgehead atoms. The molecule has 1 aromatic heterocycles. The number of aryl methyl sites for hydroxylation is 2. The Morgan fingerprint density at radius 1 is 1.35 bits per heavy atom. The van der Waals surface area contributed by atoms with Crippen molar-refractivity contribution in [1.29, 1.82) is 0 Å². The highest BCUT2D eigenvalue weighted by atomic mass is 32.1. The van der Waals surface area contributed by atoms with Crippen molar-refractivity contribution in [3.63, 3.8) is 0 Å². The minimum atomic E-state index is -0.434. The minimum Gasteiger partial charge on any atom is -0.504 e. The Morgan fingerprint density at radius 2 is 2.05 bits per heavy atom. The Hall–Kier alpha value is -2.08. The van der Waals surface area contributed by atoms with Crippen LogP contribution < -0.4 is 5.32 Å². The molecule has 2 aromatic rings. The number of hydrogen-bond acceptors (Lipinski definition) is 5. The zero-order valence-electron chi connectivity index (χ0n) is 11.5. The lowest BCUT2D eigenvalue weighted by Crippen LogP contribution is -2.26. The third-order valence-electron chi connectivity index (χ3n) is 2.94. The number of aromatic nitrogens is 1. The summed E-state index contributed by atoms with van der Waals surface area (Å²) in [7, 11) is 0. The lowest BCUT2D eigenvalue weighted by Gasteiger charge is -2.14. The molecule has 0 aliphatic carbocycles. The van der Waals surface area contributed by atoms with Crippen molar-refractivity contribution in [1.82, 2.24) is 10.3 Å². The Bertz CT molecular complexity index is 652.